The Hall–Kier alpha value is -3.50. The molecule has 7 nitrogen and oxygen atoms in total. The van der Waals surface area contributed by atoms with Gasteiger partial charge in [-0.05, 0) is 86.0 Å². The number of hydrogen-bond donors (Lipinski definition) is 2. The number of aromatic hydroxyl groups is 1. The van der Waals surface area contributed by atoms with Crippen molar-refractivity contribution in [2.45, 2.75) is 88.0 Å². The summed E-state index contributed by atoms with van der Waals surface area (Å²) in [7, 11) is 0. The number of benzene rings is 2. The first-order valence-corrected chi connectivity index (χ1v) is 15.9. The standard InChI is InChI=1S/C34H36F3N5O2/c1-2-24-27(36)7-4-18-12-23(43)13-25(28(18)24)31-29(37)32-26(15-38-31)30(19-10-21-5-6-22(11-19)39-21)40-33(41-32)44-17-34-8-3-9-42(34)16-20(35)14-34/h4,7,12-13,15,19-22,39,43H,2-3,5-6,8-11,14,16-17H2,1H3/t19?,20-,21?,22?,34+/m1/s1. The van der Waals surface area contributed by atoms with Crippen molar-refractivity contribution in [2.24, 2.45) is 0 Å². The molecule has 8 rings (SSSR count). The highest BCUT2D eigenvalue weighted by molar-refractivity contribution is 6.01. The van der Waals surface area contributed by atoms with Crippen molar-refractivity contribution in [1.29, 1.82) is 0 Å². The zero-order valence-corrected chi connectivity index (χ0v) is 24.8. The van der Waals surface area contributed by atoms with E-state index in [-0.39, 0.29) is 35.5 Å². The molecule has 0 aliphatic carbocycles. The number of nitrogens with one attached hydrogen (secondary N) is 1. The van der Waals surface area contributed by atoms with E-state index in [9.17, 15) is 13.9 Å². The van der Waals surface area contributed by atoms with Crippen LogP contribution in [-0.2, 0) is 6.42 Å². The first-order chi connectivity index (χ1) is 21.3. The lowest BCUT2D eigenvalue weighted by molar-refractivity contribution is 0.107. The third-order valence-corrected chi connectivity index (χ3v) is 10.5. The number of nitrogens with zero attached hydrogens (tertiary/aromatic N) is 4. The molecule has 0 saturated carbocycles. The van der Waals surface area contributed by atoms with E-state index < -0.39 is 23.3 Å². The Balaban J connectivity index is 1.27. The van der Waals surface area contributed by atoms with Gasteiger partial charge in [-0.15, -0.1) is 0 Å². The Labute approximate surface area is 253 Å². The SMILES string of the molecule is CCc1c(F)ccc2cc(O)cc(-c3ncc4c(C5CC6CCC(C5)N6)nc(OC[C@@]56CCCN5C[C@H](F)C6)nc4c3F)c12. The van der Waals surface area contributed by atoms with Crippen molar-refractivity contribution in [2.75, 3.05) is 19.7 Å². The maximum atomic E-state index is 16.8. The highest BCUT2D eigenvalue weighted by atomic mass is 19.1. The molecule has 0 spiro atoms. The zero-order valence-electron chi connectivity index (χ0n) is 24.8. The number of piperidine rings is 1. The van der Waals surface area contributed by atoms with E-state index in [0.29, 0.717) is 58.8 Å². The predicted molar refractivity (Wildman–Crippen MR) is 162 cm³/mol. The molecular weight excluding hydrogens is 567 g/mol. The summed E-state index contributed by atoms with van der Waals surface area (Å²) in [6.07, 6.45) is 7.31. The minimum Gasteiger partial charge on any atom is -0.508 e. The van der Waals surface area contributed by atoms with Gasteiger partial charge in [0.05, 0.1) is 11.2 Å². The Morgan fingerprint density at radius 1 is 1.14 bits per heavy atom. The highest BCUT2D eigenvalue weighted by Crippen LogP contribution is 2.43. The van der Waals surface area contributed by atoms with Crippen molar-refractivity contribution in [1.82, 2.24) is 25.2 Å². The van der Waals surface area contributed by atoms with Gasteiger partial charge in [0.25, 0.3) is 0 Å². The molecule has 0 amide bonds. The number of pyridine rings is 1. The van der Waals surface area contributed by atoms with E-state index in [1.54, 1.807) is 18.3 Å². The Kier molecular flexibility index (Phi) is 6.71. The molecule has 2 aromatic heterocycles. The third kappa shape index (κ3) is 4.52. The van der Waals surface area contributed by atoms with E-state index >= 15 is 4.39 Å². The number of phenols is 1. The summed E-state index contributed by atoms with van der Waals surface area (Å²) < 4.78 is 52.5. The molecule has 4 aromatic rings. The molecule has 44 heavy (non-hydrogen) atoms. The van der Waals surface area contributed by atoms with E-state index in [4.69, 9.17) is 9.72 Å². The average molecular weight is 604 g/mol. The summed E-state index contributed by atoms with van der Waals surface area (Å²) in [6, 6.07) is 6.78. The second-order valence-corrected chi connectivity index (χ2v) is 13.2. The molecule has 4 atom stereocenters. The molecule has 2 bridgehead atoms. The number of fused-ring (bicyclic) bond motifs is 5. The second kappa shape index (κ2) is 10.5. The van der Waals surface area contributed by atoms with Gasteiger partial charge in [0, 0.05) is 48.1 Å². The van der Waals surface area contributed by atoms with Crippen LogP contribution in [-0.4, -0.2) is 68.4 Å². The number of ether oxygens (including phenoxy) is 1. The summed E-state index contributed by atoms with van der Waals surface area (Å²) in [5, 5.41) is 15.9. The van der Waals surface area contributed by atoms with Crippen LogP contribution in [0, 0.1) is 11.6 Å². The Bertz CT molecular complexity index is 1770. The highest BCUT2D eigenvalue weighted by Gasteiger charge is 2.49. The average Bonchev–Trinajstić information content (AvgIpc) is 3.66. The van der Waals surface area contributed by atoms with E-state index in [0.717, 1.165) is 50.8 Å². The number of rotatable bonds is 6. The van der Waals surface area contributed by atoms with E-state index in [2.05, 4.69) is 20.2 Å². The number of aromatic nitrogens is 3. The fraction of sp³-hybridized carbons (Fsp3) is 0.500. The van der Waals surface area contributed by atoms with Gasteiger partial charge in [-0.1, -0.05) is 13.0 Å². The van der Waals surface area contributed by atoms with Crippen LogP contribution in [0.5, 0.6) is 11.8 Å². The van der Waals surface area contributed by atoms with Gasteiger partial charge in [-0.3, -0.25) is 9.88 Å². The molecule has 2 aromatic carbocycles. The third-order valence-electron chi connectivity index (χ3n) is 10.5. The number of aryl methyl sites for hydroxylation is 1. The smallest absolute Gasteiger partial charge is 0.317 e. The normalized spacial score (nSPS) is 28.3. The van der Waals surface area contributed by atoms with Crippen molar-refractivity contribution < 1.29 is 23.0 Å². The first kappa shape index (κ1) is 28.0. The summed E-state index contributed by atoms with van der Waals surface area (Å²) in [4.78, 5) is 16.2. The molecule has 230 valence electrons. The van der Waals surface area contributed by atoms with Crippen LogP contribution in [0.15, 0.2) is 30.5 Å². The number of alkyl halides is 1. The van der Waals surface area contributed by atoms with Crippen molar-refractivity contribution >= 4 is 21.7 Å². The van der Waals surface area contributed by atoms with Crippen LogP contribution in [0.3, 0.4) is 0 Å². The van der Waals surface area contributed by atoms with Gasteiger partial charge in [0.15, 0.2) is 5.82 Å². The van der Waals surface area contributed by atoms with Gasteiger partial charge >= 0.3 is 6.01 Å². The van der Waals surface area contributed by atoms with Crippen LogP contribution in [0.2, 0.25) is 0 Å². The van der Waals surface area contributed by atoms with Crippen LogP contribution in [0.1, 0.15) is 69.0 Å². The van der Waals surface area contributed by atoms with Crippen molar-refractivity contribution in [3.8, 4) is 23.0 Å². The quantitative estimate of drug-likeness (QED) is 0.266. The fourth-order valence-electron chi connectivity index (χ4n) is 8.58. The van der Waals surface area contributed by atoms with E-state index in [1.807, 2.05) is 6.92 Å². The minimum atomic E-state index is -0.891. The van der Waals surface area contributed by atoms with Gasteiger partial charge in [0.2, 0.25) is 0 Å². The lowest BCUT2D eigenvalue weighted by atomic mass is 9.87. The number of halogens is 3. The molecule has 4 aliphatic heterocycles. The number of hydrogen-bond acceptors (Lipinski definition) is 7. The number of phenolic OH excluding ortho intramolecular Hbond substituents is 1. The first-order valence-electron chi connectivity index (χ1n) is 15.9. The fourth-order valence-corrected chi connectivity index (χ4v) is 8.58. The Morgan fingerprint density at radius 2 is 1.95 bits per heavy atom. The maximum absolute atomic E-state index is 16.8. The molecule has 10 heteroatoms. The predicted octanol–water partition coefficient (Wildman–Crippen LogP) is 6.34. The molecular formula is C34H36F3N5O2. The lowest BCUT2D eigenvalue weighted by Crippen LogP contribution is -2.43. The molecule has 4 aliphatic rings. The Morgan fingerprint density at radius 3 is 2.75 bits per heavy atom. The van der Waals surface area contributed by atoms with Gasteiger partial charge in [-0.25, -0.2) is 13.2 Å². The molecule has 4 fully saturated rings. The van der Waals surface area contributed by atoms with Crippen LogP contribution >= 0.6 is 0 Å². The minimum absolute atomic E-state index is 0.0173. The molecule has 2 N–H and O–H groups in total. The largest absolute Gasteiger partial charge is 0.508 e. The summed E-state index contributed by atoms with van der Waals surface area (Å²) in [6.45, 7) is 3.33. The maximum Gasteiger partial charge on any atom is 0.317 e. The monoisotopic (exact) mass is 603 g/mol. The van der Waals surface area contributed by atoms with Crippen molar-refractivity contribution in [3.05, 3.63) is 53.4 Å². The van der Waals surface area contributed by atoms with Crippen LogP contribution in [0.25, 0.3) is 32.9 Å². The topological polar surface area (TPSA) is 83.4 Å². The second-order valence-electron chi connectivity index (χ2n) is 13.2. The van der Waals surface area contributed by atoms with Crippen LogP contribution < -0.4 is 10.1 Å². The van der Waals surface area contributed by atoms with Gasteiger partial charge in [-0.2, -0.15) is 9.97 Å². The summed E-state index contributed by atoms with van der Waals surface area (Å²) in [5.41, 5.74) is 1.13. The lowest BCUT2D eigenvalue weighted by Gasteiger charge is -2.31. The molecule has 6 heterocycles. The van der Waals surface area contributed by atoms with Gasteiger partial charge in [0.1, 0.15) is 35.6 Å². The van der Waals surface area contributed by atoms with Gasteiger partial charge < -0.3 is 15.2 Å². The van der Waals surface area contributed by atoms with Crippen LogP contribution in [0.4, 0.5) is 13.2 Å². The van der Waals surface area contributed by atoms with Crippen molar-refractivity contribution in [3.63, 3.8) is 0 Å². The van der Waals surface area contributed by atoms with E-state index in [1.165, 1.54) is 12.1 Å². The summed E-state index contributed by atoms with van der Waals surface area (Å²) >= 11 is 0. The zero-order chi connectivity index (χ0) is 30.2. The molecule has 2 unspecified atom stereocenters. The molecule has 4 saturated heterocycles. The summed E-state index contributed by atoms with van der Waals surface area (Å²) in [5.74, 6) is -1.05. The molecule has 0 radical (unpaired) electrons.